The van der Waals surface area contributed by atoms with Crippen LogP contribution in [0, 0.1) is 5.82 Å². The Morgan fingerprint density at radius 1 is 1.22 bits per heavy atom. The highest BCUT2D eigenvalue weighted by Gasteiger charge is 2.45. The van der Waals surface area contributed by atoms with Gasteiger partial charge in [-0.05, 0) is 31.0 Å². The maximum atomic E-state index is 13.7. The van der Waals surface area contributed by atoms with Gasteiger partial charge in [0, 0.05) is 39.0 Å². The van der Waals surface area contributed by atoms with E-state index in [0.29, 0.717) is 37.2 Å². The predicted molar refractivity (Wildman–Crippen MR) is 101 cm³/mol. The molecule has 6 nitrogen and oxygen atoms in total. The van der Waals surface area contributed by atoms with Crippen LogP contribution in [0.5, 0.6) is 0 Å². The number of hydrogen-bond donors (Lipinski definition) is 2. The number of carbonyl (C=O) groups is 2. The molecule has 0 aromatic heterocycles. The van der Waals surface area contributed by atoms with E-state index >= 15 is 0 Å². The lowest BCUT2D eigenvalue weighted by Gasteiger charge is -2.51. The molecule has 146 valence electrons. The molecule has 7 heteroatoms. The van der Waals surface area contributed by atoms with Crippen molar-refractivity contribution in [3.63, 3.8) is 0 Å². The average molecular weight is 374 g/mol. The number of carbonyl (C=O) groups excluding carboxylic acids is 2. The van der Waals surface area contributed by atoms with E-state index in [-0.39, 0.29) is 23.8 Å². The average Bonchev–Trinajstić information content (AvgIpc) is 2.67. The van der Waals surface area contributed by atoms with Crippen LogP contribution in [-0.2, 0) is 0 Å². The van der Waals surface area contributed by atoms with E-state index in [1.165, 1.54) is 37.5 Å². The predicted octanol–water partition coefficient (Wildman–Crippen LogP) is 2.84. The molecule has 0 radical (unpaired) electrons. The standard InChI is InChI=1S/C20H27FN4O2/c1-24-17-13-14(21)7-8-16(17)18(26)23-20(24)9-11-25(12-10-20)19(27)22-15-5-3-2-4-6-15/h7-8,13,15H,2-6,9-12H2,1H3,(H,22,27)(H,23,26). The third-order valence-corrected chi connectivity index (χ3v) is 6.36. The highest BCUT2D eigenvalue weighted by molar-refractivity contribution is 6.02. The Kier molecular flexibility index (Phi) is 4.70. The summed E-state index contributed by atoms with van der Waals surface area (Å²) >= 11 is 0. The van der Waals surface area contributed by atoms with E-state index in [4.69, 9.17) is 0 Å². The summed E-state index contributed by atoms with van der Waals surface area (Å²) in [5.41, 5.74) is 0.528. The molecule has 0 unspecified atom stereocenters. The van der Waals surface area contributed by atoms with Gasteiger partial charge in [-0.1, -0.05) is 19.3 Å². The van der Waals surface area contributed by atoms with Gasteiger partial charge in [-0.25, -0.2) is 9.18 Å². The molecule has 2 fully saturated rings. The van der Waals surface area contributed by atoms with Gasteiger partial charge in [-0.2, -0.15) is 0 Å². The fourth-order valence-corrected chi connectivity index (χ4v) is 4.62. The van der Waals surface area contributed by atoms with Crippen LogP contribution in [0.2, 0.25) is 0 Å². The van der Waals surface area contributed by atoms with Crippen molar-refractivity contribution in [1.82, 2.24) is 15.5 Å². The molecule has 1 aromatic carbocycles. The van der Waals surface area contributed by atoms with Crippen molar-refractivity contribution in [2.24, 2.45) is 0 Å². The number of nitrogens with one attached hydrogen (secondary N) is 2. The molecule has 1 saturated heterocycles. The highest BCUT2D eigenvalue weighted by atomic mass is 19.1. The zero-order chi connectivity index (χ0) is 19.0. The van der Waals surface area contributed by atoms with E-state index in [9.17, 15) is 14.0 Å². The summed E-state index contributed by atoms with van der Waals surface area (Å²) in [6.07, 6.45) is 6.97. The van der Waals surface area contributed by atoms with Crippen LogP contribution in [0.1, 0.15) is 55.3 Å². The summed E-state index contributed by atoms with van der Waals surface area (Å²) in [4.78, 5) is 28.9. The third-order valence-electron chi connectivity index (χ3n) is 6.36. The number of nitrogens with zero attached hydrogens (tertiary/aromatic N) is 2. The lowest BCUT2D eigenvalue weighted by atomic mass is 9.90. The molecular formula is C20H27FN4O2. The minimum absolute atomic E-state index is 0.00650. The molecule has 2 N–H and O–H groups in total. The monoisotopic (exact) mass is 374 g/mol. The van der Waals surface area contributed by atoms with Crippen molar-refractivity contribution in [1.29, 1.82) is 0 Å². The zero-order valence-electron chi connectivity index (χ0n) is 15.8. The molecular weight excluding hydrogens is 347 g/mol. The number of urea groups is 1. The van der Waals surface area contributed by atoms with E-state index in [0.717, 1.165) is 12.8 Å². The van der Waals surface area contributed by atoms with Gasteiger partial charge in [0.25, 0.3) is 5.91 Å². The Hall–Kier alpha value is -2.31. The number of benzene rings is 1. The summed E-state index contributed by atoms with van der Waals surface area (Å²) in [5.74, 6) is -0.530. The minimum atomic E-state index is -0.570. The number of amides is 3. The molecule has 4 rings (SSSR count). The van der Waals surface area contributed by atoms with E-state index in [2.05, 4.69) is 10.6 Å². The van der Waals surface area contributed by atoms with Crippen LogP contribution in [0.15, 0.2) is 18.2 Å². The number of halogens is 1. The Labute approximate surface area is 159 Å². The number of piperidine rings is 1. The molecule has 3 aliphatic rings. The van der Waals surface area contributed by atoms with Crippen molar-refractivity contribution in [3.05, 3.63) is 29.6 Å². The molecule has 1 aromatic rings. The van der Waals surface area contributed by atoms with Crippen LogP contribution in [0.4, 0.5) is 14.9 Å². The molecule has 0 bridgehead atoms. The topological polar surface area (TPSA) is 64.7 Å². The van der Waals surface area contributed by atoms with Crippen LogP contribution in [-0.4, -0.2) is 48.7 Å². The summed E-state index contributed by atoms with van der Waals surface area (Å²) < 4.78 is 13.7. The van der Waals surface area contributed by atoms with Gasteiger partial charge in [0.15, 0.2) is 0 Å². The number of likely N-dealkylation sites (tertiary alicyclic amines) is 1. The zero-order valence-corrected chi connectivity index (χ0v) is 15.8. The molecule has 1 aliphatic carbocycles. The molecule has 27 heavy (non-hydrogen) atoms. The van der Waals surface area contributed by atoms with Crippen molar-refractivity contribution >= 4 is 17.6 Å². The first-order valence-electron chi connectivity index (χ1n) is 9.90. The Balaban J connectivity index is 1.43. The lowest BCUT2D eigenvalue weighted by molar-refractivity contribution is 0.0807. The van der Waals surface area contributed by atoms with Gasteiger partial charge < -0.3 is 20.4 Å². The second kappa shape index (κ2) is 7.02. The van der Waals surface area contributed by atoms with Gasteiger partial charge in [-0.3, -0.25) is 4.79 Å². The molecule has 0 atom stereocenters. The van der Waals surface area contributed by atoms with E-state index in [1.54, 1.807) is 0 Å². The van der Waals surface area contributed by atoms with Crippen LogP contribution >= 0.6 is 0 Å². The fraction of sp³-hybridized carbons (Fsp3) is 0.600. The van der Waals surface area contributed by atoms with Crippen molar-refractivity contribution in [3.8, 4) is 0 Å². The first-order chi connectivity index (χ1) is 13.0. The Morgan fingerprint density at radius 2 is 1.93 bits per heavy atom. The highest BCUT2D eigenvalue weighted by Crippen LogP contribution is 2.36. The fourth-order valence-electron chi connectivity index (χ4n) is 4.62. The first kappa shape index (κ1) is 18.1. The van der Waals surface area contributed by atoms with Crippen LogP contribution < -0.4 is 15.5 Å². The first-order valence-corrected chi connectivity index (χ1v) is 9.90. The van der Waals surface area contributed by atoms with E-state index < -0.39 is 5.66 Å². The molecule has 2 aliphatic heterocycles. The molecule has 2 heterocycles. The SMILES string of the molecule is CN1c2cc(F)ccc2C(=O)NC12CCN(C(=O)NC1CCCCC1)CC2. The summed E-state index contributed by atoms with van der Waals surface area (Å²) in [6.45, 7) is 1.13. The maximum absolute atomic E-state index is 13.7. The summed E-state index contributed by atoms with van der Waals surface area (Å²) in [6, 6.07) is 4.53. The Morgan fingerprint density at radius 3 is 2.63 bits per heavy atom. The van der Waals surface area contributed by atoms with Gasteiger partial charge in [0.05, 0.1) is 11.3 Å². The number of rotatable bonds is 1. The molecule has 1 spiro atoms. The molecule has 3 amide bonds. The van der Waals surface area contributed by atoms with E-state index in [1.807, 2.05) is 16.8 Å². The van der Waals surface area contributed by atoms with Gasteiger partial charge in [-0.15, -0.1) is 0 Å². The van der Waals surface area contributed by atoms with Crippen LogP contribution in [0.25, 0.3) is 0 Å². The number of fused-ring (bicyclic) bond motifs is 1. The van der Waals surface area contributed by atoms with Crippen molar-refractivity contribution in [2.45, 2.75) is 56.7 Å². The maximum Gasteiger partial charge on any atom is 0.317 e. The minimum Gasteiger partial charge on any atom is -0.351 e. The third kappa shape index (κ3) is 3.35. The molecule has 1 saturated carbocycles. The largest absolute Gasteiger partial charge is 0.351 e. The lowest BCUT2D eigenvalue weighted by Crippen LogP contribution is -2.67. The van der Waals surface area contributed by atoms with Crippen LogP contribution in [0.3, 0.4) is 0 Å². The van der Waals surface area contributed by atoms with Gasteiger partial charge >= 0.3 is 6.03 Å². The van der Waals surface area contributed by atoms with Gasteiger partial charge in [0.2, 0.25) is 0 Å². The second-order valence-electron chi connectivity index (χ2n) is 7.98. The van der Waals surface area contributed by atoms with Crippen molar-refractivity contribution in [2.75, 3.05) is 25.0 Å². The van der Waals surface area contributed by atoms with Crippen molar-refractivity contribution < 1.29 is 14.0 Å². The normalized spacial score (nSPS) is 22.4. The summed E-state index contributed by atoms with van der Waals surface area (Å²) in [7, 11) is 1.88. The number of anilines is 1. The second-order valence-corrected chi connectivity index (χ2v) is 7.98. The number of hydrogen-bond acceptors (Lipinski definition) is 3. The van der Waals surface area contributed by atoms with Gasteiger partial charge in [0.1, 0.15) is 11.5 Å². The smallest absolute Gasteiger partial charge is 0.317 e. The summed E-state index contributed by atoms with van der Waals surface area (Å²) in [5, 5.41) is 6.26. The quantitative estimate of drug-likeness (QED) is 0.794. The Bertz CT molecular complexity index is 739.